The summed E-state index contributed by atoms with van der Waals surface area (Å²) < 4.78 is 11.4. The smallest absolute Gasteiger partial charge is 0.251 e. The Morgan fingerprint density at radius 1 is 1.03 bits per heavy atom. The van der Waals surface area contributed by atoms with Gasteiger partial charge in [-0.1, -0.05) is 60.4 Å². The van der Waals surface area contributed by atoms with E-state index >= 15 is 0 Å². The molecule has 3 N–H and O–H groups in total. The molecule has 1 rings (SSSR count). The standard InChI is InChI=1S/C23H35N3O4S2/c1-4-7-8-13-25-21(27)18-29-16-17-30-23(32-31-6-3)20-11-9-19(10-12-20)22(28)26-15-14-24-5-2/h9-12,23-24H,4-6,13-18H2,1-3H3,(H,25,27)(H,26,28). The number of benzene rings is 1. The molecule has 0 aliphatic rings. The normalized spacial score (nSPS) is 11.3. The van der Waals surface area contributed by atoms with Crippen LogP contribution < -0.4 is 16.0 Å². The molecule has 9 heteroatoms. The predicted octanol–water partition coefficient (Wildman–Crippen LogP) is 2.99. The van der Waals surface area contributed by atoms with Crippen molar-refractivity contribution in [3.8, 4) is 11.8 Å². The zero-order valence-corrected chi connectivity index (χ0v) is 20.8. The van der Waals surface area contributed by atoms with Crippen LogP contribution in [0.3, 0.4) is 0 Å². The van der Waals surface area contributed by atoms with E-state index < -0.39 is 0 Å². The van der Waals surface area contributed by atoms with Crippen molar-refractivity contribution in [1.82, 2.24) is 16.0 Å². The van der Waals surface area contributed by atoms with Crippen LogP contribution in [-0.2, 0) is 14.3 Å². The molecule has 0 heterocycles. The van der Waals surface area contributed by atoms with Gasteiger partial charge in [0.05, 0.1) is 19.8 Å². The van der Waals surface area contributed by atoms with Gasteiger partial charge >= 0.3 is 0 Å². The summed E-state index contributed by atoms with van der Waals surface area (Å²) >= 11 is 0. The summed E-state index contributed by atoms with van der Waals surface area (Å²) in [7, 11) is 3.33. The summed E-state index contributed by atoms with van der Waals surface area (Å²) in [5, 5.41) is 8.75. The highest BCUT2D eigenvalue weighted by Crippen LogP contribution is 2.38. The Labute approximate surface area is 199 Å². The second-order valence-corrected chi connectivity index (χ2v) is 9.19. The van der Waals surface area contributed by atoms with Gasteiger partial charge < -0.3 is 25.4 Å². The van der Waals surface area contributed by atoms with Crippen LogP contribution in [0.4, 0.5) is 0 Å². The Morgan fingerprint density at radius 3 is 2.50 bits per heavy atom. The molecule has 0 radical (unpaired) electrons. The summed E-state index contributed by atoms with van der Waals surface area (Å²) in [4.78, 5) is 23.9. The van der Waals surface area contributed by atoms with E-state index in [0.29, 0.717) is 31.9 Å². The number of amides is 2. The molecule has 32 heavy (non-hydrogen) atoms. The predicted molar refractivity (Wildman–Crippen MR) is 134 cm³/mol. The van der Waals surface area contributed by atoms with E-state index in [1.807, 2.05) is 38.1 Å². The quantitative estimate of drug-likeness (QED) is 0.145. The van der Waals surface area contributed by atoms with Crippen molar-refractivity contribution in [1.29, 1.82) is 0 Å². The molecule has 1 atom stereocenters. The van der Waals surface area contributed by atoms with E-state index in [2.05, 4.69) is 34.7 Å². The van der Waals surface area contributed by atoms with Gasteiger partial charge in [-0.3, -0.25) is 9.59 Å². The van der Waals surface area contributed by atoms with Crippen LogP contribution in [0.15, 0.2) is 24.3 Å². The first-order chi connectivity index (χ1) is 15.6. The highest BCUT2D eigenvalue weighted by molar-refractivity contribution is 8.76. The summed E-state index contributed by atoms with van der Waals surface area (Å²) in [5.41, 5.74) is 1.41. The third kappa shape index (κ3) is 13.0. The van der Waals surface area contributed by atoms with Gasteiger partial charge in [0, 0.05) is 30.8 Å². The molecule has 0 saturated carbocycles. The van der Waals surface area contributed by atoms with Crippen LogP contribution in [0.5, 0.6) is 0 Å². The average molecular weight is 482 g/mol. The van der Waals surface area contributed by atoms with Gasteiger partial charge in [0.1, 0.15) is 12.0 Å². The Balaban J connectivity index is 2.44. The molecule has 0 bridgehead atoms. The average Bonchev–Trinajstić information content (AvgIpc) is 2.81. The van der Waals surface area contributed by atoms with Crippen molar-refractivity contribution in [2.45, 2.75) is 32.6 Å². The van der Waals surface area contributed by atoms with Gasteiger partial charge in [-0.05, 0) is 24.2 Å². The van der Waals surface area contributed by atoms with E-state index in [1.165, 1.54) is 0 Å². The van der Waals surface area contributed by atoms with Gasteiger partial charge in [0.2, 0.25) is 5.91 Å². The maximum Gasteiger partial charge on any atom is 0.251 e. The molecule has 0 aliphatic carbocycles. The van der Waals surface area contributed by atoms with Crippen molar-refractivity contribution < 1.29 is 19.1 Å². The molecule has 178 valence electrons. The second kappa shape index (κ2) is 18.8. The number of hydrogen-bond donors (Lipinski definition) is 3. The first-order valence-corrected chi connectivity index (χ1v) is 13.3. The third-order valence-corrected chi connectivity index (χ3v) is 6.56. The van der Waals surface area contributed by atoms with E-state index in [-0.39, 0.29) is 23.9 Å². The van der Waals surface area contributed by atoms with E-state index in [0.717, 1.165) is 30.8 Å². The maximum absolute atomic E-state index is 12.2. The van der Waals surface area contributed by atoms with Crippen molar-refractivity contribution in [3.63, 3.8) is 0 Å². The molecule has 0 aliphatic heterocycles. The van der Waals surface area contributed by atoms with Crippen molar-refractivity contribution in [2.75, 3.05) is 51.8 Å². The summed E-state index contributed by atoms with van der Waals surface area (Å²) in [6.07, 6.45) is 0.770. The van der Waals surface area contributed by atoms with E-state index in [1.54, 1.807) is 21.6 Å². The molecule has 1 aromatic carbocycles. The van der Waals surface area contributed by atoms with Gasteiger partial charge in [-0.2, -0.15) is 0 Å². The first-order valence-electron chi connectivity index (χ1n) is 10.9. The van der Waals surface area contributed by atoms with Crippen LogP contribution in [0.2, 0.25) is 0 Å². The minimum atomic E-state index is -0.192. The molecule has 0 fully saturated rings. The van der Waals surface area contributed by atoms with Crippen LogP contribution in [0.25, 0.3) is 0 Å². The highest BCUT2D eigenvalue weighted by Gasteiger charge is 2.14. The molecule has 1 unspecified atom stereocenters. The van der Waals surface area contributed by atoms with Gasteiger partial charge in [-0.25, -0.2) is 0 Å². The number of hydrogen-bond acceptors (Lipinski definition) is 7. The van der Waals surface area contributed by atoms with Gasteiger partial charge in [0.25, 0.3) is 5.91 Å². The van der Waals surface area contributed by atoms with Crippen LogP contribution >= 0.6 is 21.6 Å². The first kappa shape index (κ1) is 28.3. The Kier molecular flexibility index (Phi) is 16.7. The lowest BCUT2D eigenvalue weighted by Crippen LogP contribution is -2.31. The summed E-state index contributed by atoms with van der Waals surface area (Å²) in [6.45, 7) is 9.29. The number of carbonyl (C=O) groups is 2. The summed E-state index contributed by atoms with van der Waals surface area (Å²) in [5.74, 6) is 6.42. The molecule has 7 nitrogen and oxygen atoms in total. The lowest BCUT2D eigenvalue weighted by molar-refractivity contribution is -0.126. The second-order valence-electron chi connectivity index (χ2n) is 6.47. The number of carbonyl (C=O) groups excluding carboxylic acids is 2. The lowest BCUT2D eigenvalue weighted by atomic mass is 10.1. The minimum absolute atomic E-state index is 0.0176. The fraction of sp³-hybridized carbons (Fsp3) is 0.565. The molecular formula is C23H35N3O4S2. The Hall–Kier alpha value is -1.70. The summed E-state index contributed by atoms with van der Waals surface area (Å²) in [6, 6.07) is 7.46. The zero-order chi connectivity index (χ0) is 23.4. The van der Waals surface area contributed by atoms with Crippen LogP contribution in [0, 0.1) is 11.8 Å². The number of ether oxygens (including phenoxy) is 2. The fourth-order valence-electron chi connectivity index (χ4n) is 2.40. The van der Waals surface area contributed by atoms with Gasteiger partial charge in [0.15, 0.2) is 0 Å². The third-order valence-electron chi connectivity index (χ3n) is 3.96. The van der Waals surface area contributed by atoms with Crippen LogP contribution in [0.1, 0.15) is 48.5 Å². The Bertz CT molecular complexity index is 720. The molecule has 0 spiro atoms. The van der Waals surface area contributed by atoms with Gasteiger partial charge in [-0.15, -0.1) is 5.92 Å². The molecule has 2 amide bonds. The highest BCUT2D eigenvalue weighted by atomic mass is 33.1. The molecule has 0 saturated heterocycles. The van der Waals surface area contributed by atoms with Crippen molar-refractivity contribution >= 4 is 33.4 Å². The van der Waals surface area contributed by atoms with Crippen molar-refractivity contribution in [3.05, 3.63) is 35.4 Å². The van der Waals surface area contributed by atoms with Crippen LogP contribution in [-0.4, -0.2) is 63.6 Å². The number of rotatable bonds is 16. The SMILES string of the molecule is CCC#CCNC(=O)COCCOC(SSCC)c1ccc(C(=O)NCCNCC)cc1. The largest absolute Gasteiger partial charge is 0.369 e. The molecular weight excluding hydrogens is 446 g/mol. The topological polar surface area (TPSA) is 88.7 Å². The molecule has 1 aromatic rings. The van der Waals surface area contributed by atoms with E-state index in [4.69, 9.17) is 9.47 Å². The molecule has 0 aromatic heterocycles. The minimum Gasteiger partial charge on any atom is -0.369 e. The number of likely N-dealkylation sites (N-methyl/N-ethyl adjacent to an activating group) is 1. The van der Waals surface area contributed by atoms with Crippen molar-refractivity contribution in [2.24, 2.45) is 0 Å². The monoisotopic (exact) mass is 481 g/mol. The zero-order valence-electron chi connectivity index (χ0n) is 19.2. The fourth-order valence-corrected chi connectivity index (χ4v) is 4.36. The number of nitrogens with one attached hydrogen (secondary N) is 3. The lowest BCUT2D eigenvalue weighted by Gasteiger charge is -2.17. The Morgan fingerprint density at radius 2 is 1.81 bits per heavy atom. The maximum atomic E-state index is 12.2. The van der Waals surface area contributed by atoms with E-state index in [9.17, 15) is 9.59 Å².